The second-order valence-corrected chi connectivity index (χ2v) is 5.95. The number of rotatable bonds is 7. The van der Waals surface area contributed by atoms with Gasteiger partial charge in [-0.15, -0.1) is 0 Å². The molecule has 0 saturated carbocycles. The van der Waals surface area contributed by atoms with E-state index in [2.05, 4.69) is 5.32 Å². The Balaban J connectivity index is 2.10. The van der Waals surface area contributed by atoms with Crippen molar-refractivity contribution < 1.29 is 14.3 Å². The molecule has 0 unspecified atom stereocenters. The first kappa shape index (κ1) is 18.6. The number of hydrogen-bond donors (Lipinski definition) is 1. The molecule has 0 aliphatic carbocycles. The number of methoxy groups -OCH3 is 1. The van der Waals surface area contributed by atoms with E-state index in [1.807, 2.05) is 6.92 Å². The predicted molar refractivity (Wildman–Crippen MR) is 96.0 cm³/mol. The van der Waals surface area contributed by atoms with Crippen LogP contribution in [0, 0.1) is 0 Å². The Kier molecular flexibility index (Phi) is 6.91. The van der Waals surface area contributed by atoms with Crippen molar-refractivity contribution in [3.05, 3.63) is 63.1 Å². The molecule has 0 aliphatic heterocycles. The van der Waals surface area contributed by atoms with Gasteiger partial charge >= 0.3 is 0 Å². The normalized spacial score (nSPS) is 10.5. The van der Waals surface area contributed by atoms with Crippen molar-refractivity contribution in [1.29, 1.82) is 0 Å². The van der Waals surface area contributed by atoms with Gasteiger partial charge in [0, 0.05) is 34.8 Å². The zero-order valence-corrected chi connectivity index (χ0v) is 15.1. The minimum Gasteiger partial charge on any atom is -0.494 e. The number of hydrogen-bond acceptors (Lipinski definition) is 3. The minimum atomic E-state index is -0.193. The van der Waals surface area contributed by atoms with E-state index in [0.717, 1.165) is 16.9 Å². The summed E-state index contributed by atoms with van der Waals surface area (Å²) in [7, 11) is 1.60. The van der Waals surface area contributed by atoms with Gasteiger partial charge in [0.2, 0.25) is 0 Å². The topological polar surface area (TPSA) is 47.6 Å². The molecule has 0 saturated heterocycles. The molecule has 2 rings (SSSR count). The highest BCUT2D eigenvalue weighted by atomic mass is 35.5. The molecular formula is C18H19Cl2NO3. The van der Waals surface area contributed by atoms with Crippen LogP contribution < -0.4 is 10.1 Å². The first-order chi connectivity index (χ1) is 11.5. The summed E-state index contributed by atoms with van der Waals surface area (Å²) in [4.78, 5) is 12.4. The van der Waals surface area contributed by atoms with Crippen LogP contribution in [0.25, 0.3) is 0 Å². The Morgan fingerprint density at radius 2 is 1.92 bits per heavy atom. The molecule has 6 heteroatoms. The maximum atomic E-state index is 12.4. The molecule has 0 aliphatic rings. The fourth-order valence-corrected chi connectivity index (χ4v) is 2.70. The van der Waals surface area contributed by atoms with Crippen LogP contribution in [-0.2, 0) is 17.9 Å². The zero-order chi connectivity index (χ0) is 17.5. The summed E-state index contributed by atoms with van der Waals surface area (Å²) >= 11 is 12.0. The molecule has 2 aromatic rings. The first-order valence-corrected chi connectivity index (χ1v) is 8.27. The number of carbonyl (C=O) groups excluding carboxylic acids is 1. The van der Waals surface area contributed by atoms with E-state index in [-0.39, 0.29) is 5.91 Å². The summed E-state index contributed by atoms with van der Waals surface area (Å²) < 4.78 is 10.7. The lowest BCUT2D eigenvalue weighted by Crippen LogP contribution is -2.23. The van der Waals surface area contributed by atoms with Crippen LogP contribution in [0.1, 0.15) is 28.4 Å². The molecular weight excluding hydrogens is 349 g/mol. The molecule has 0 atom stereocenters. The SMILES string of the molecule is CCOc1ccc(C(=O)NCc2ccc(Cl)cc2Cl)cc1COC. The average Bonchev–Trinajstić information content (AvgIpc) is 2.56. The molecule has 0 fully saturated rings. The van der Waals surface area contributed by atoms with Crippen LogP contribution in [-0.4, -0.2) is 19.6 Å². The van der Waals surface area contributed by atoms with Gasteiger partial charge in [-0.05, 0) is 42.8 Å². The maximum Gasteiger partial charge on any atom is 0.251 e. The van der Waals surface area contributed by atoms with Gasteiger partial charge in [0.1, 0.15) is 5.75 Å². The van der Waals surface area contributed by atoms with Crippen LogP contribution >= 0.6 is 23.2 Å². The van der Waals surface area contributed by atoms with E-state index in [1.165, 1.54) is 0 Å². The summed E-state index contributed by atoms with van der Waals surface area (Å²) in [5.41, 5.74) is 2.17. The molecule has 1 amide bonds. The maximum absolute atomic E-state index is 12.4. The number of amides is 1. The third-order valence-electron chi connectivity index (χ3n) is 3.38. The molecule has 4 nitrogen and oxygen atoms in total. The predicted octanol–water partition coefficient (Wildman–Crippen LogP) is 4.47. The Bertz CT molecular complexity index is 719. The highest BCUT2D eigenvalue weighted by Crippen LogP contribution is 2.22. The number of halogens is 2. The van der Waals surface area contributed by atoms with Crippen LogP contribution in [0.15, 0.2) is 36.4 Å². The lowest BCUT2D eigenvalue weighted by atomic mass is 10.1. The van der Waals surface area contributed by atoms with Crippen LogP contribution in [0.2, 0.25) is 10.0 Å². The van der Waals surface area contributed by atoms with E-state index >= 15 is 0 Å². The quantitative estimate of drug-likeness (QED) is 0.785. The molecule has 0 radical (unpaired) electrons. The summed E-state index contributed by atoms with van der Waals surface area (Å²) in [6.45, 7) is 3.16. The summed E-state index contributed by atoms with van der Waals surface area (Å²) in [6.07, 6.45) is 0. The van der Waals surface area contributed by atoms with Gasteiger partial charge in [-0.2, -0.15) is 0 Å². The molecule has 0 heterocycles. The third-order valence-corrected chi connectivity index (χ3v) is 3.96. The highest BCUT2D eigenvalue weighted by molar-refractivity contribution is 6.35. The van der Waals surface area contributed by atoms with Crippen LogP contribution in [0.5, 0.6) is 5.75 Å². The van der Waals surface area contributed by atoms with Gasteiger partial charge in [0.25, 0.3) is 5.91 Å². The smallest absolute Gasteiger partial charge is 0.251 e. The number of ether oxygens (including phenoxy) is 2. The van der Waals surface area contributed by atoms with Crippen LogP contribution in [0.4, 0.5) is 0 Å². The van der Waals surface area contributed by atoms with Gasteiger partial charge < -0.3 is 14.8 Å². The summed E-state index contributed by atoms with van der Waals surface area (Å²) in [5, 5.41) is 3.93. The van der Waals surface area contributed by atoms with Crippen molar-refractivity contribution in [3.63, 3.8) is 0 Å². The van der Waals surface area contributed by atoms with Crippen molar-refractivity contribution in [2.45, 2.75) is 20.1 Å². The molecule has 0 aromatic heterocycles. The summed E-state index contributed by atoms with van der Waals surface area (Å²) in [6, 6.07) is 10.5. The van der Waals surface area contributed by atoms with Gasteiger partial charge in [-0.1, -0.05) is 29.3 Å². The van der Waals surface area contributed by atoms with E-state index in [9.17, 15) is 4.79 Å². The fourth-order valence-electron chi connectivity index (χ4n) is 2.23. The Hall–Kier alpha value is -1.75. The molecule has 0 spiro atoms. The minimum absolute atomic E-state index is 0.193. The van der Waals surface area contributed by atoms with Gasteiger partial charge in [0.05, 0.1) is 13.2 Å². The molecule has 0 bridgehead atoms. The second-order valence-electron chi connectivity index (χ2n) is 5.11. The van der Waals surface area contributed by atoms with Crippen molar-refractivity contribution in [2.24, 2.45) is 0 Å². The summed E-state index contributed by atoms with van der Waals surface area (Å²) in [5.74, 6) is 0.526. The lowest BCUT2D eigenvalue weighted by Gasteiger charge is -2.12. The van der Waals surface area contributed by atoms with Gasteiger partial charge in [0.15, 0.2) is 0 Å². The molecule has 24 heavy (non-hydrogen) atoms. The van der Waals surface area contributed by atoms with Crippen LogP contribution in [0.3, 0.4) is 0 Å². The Morgan fingerprint density at radius 3 is 2.58 bits per heavy atom. The number of nitrogens with one attached hydrogen (secondary N) is 1. The van der Waals surface area contributed by atoms with Crippen molar-refractivity contribution >= 4 is 29.1 Å². The Morgan fingerprint density at radius 1 is 1.12 bits per heavy atom. The van der Waals surface area contributed by atoms with E-state index in [4.69, 9.17) is 32.7 Å². The van der Waals surface area contributed by atoms with Crippen molar-refractivity contribution in [2.75, 3.05) is 13.7 Å². The second kappa shape index (κ2) is 8.92. The van der Waals surface area contributed by atoms with E-state index < -0.39 is 0 Å². The van der Waals surface area contributed by atoms with Crippen molar-refractivity contribution in [1.82, 2.24) is 5.32 Å². The van der Waals surface area contributed by atoms with Gasteiger partial charge in [-0.3, -0.25) is 4.79 Å². The molecule has 2 aromatic carbocycles. The zero-order valence-electron chi connectivity index (χ0n) is 13.6. The largest absolute Gasteiger partial charge is 0.494 e. The fraction of sp³-hybridized carbons (Fsp3) is 0.278. The lowest BCUT2D eigenvalue weighted by molar-refractivity contribution is 0.0950. The monoisotopic (exact) mass is 367 g/mol. The third kappa shape index (κ3) is 4.87. The number of benzene rings is 2. The van der Waals surface area contributed by atoms with E-state index in [1.54, 1.807) is 43.5 Å². The standard InChI is InChI=1S/C18H19Cl2NO3/c1-3-24-17-7-5-12(8-14(17)11-23-2)18(22)21-10-13-4-6-15(19)9-16(13)20/h4-9H,3,10-11H2,1-2H3,(H,21,22). The van der Waals surface area contributed by atoms with Crippen molar-refractivity contribution in [3.8, 4) is 5.75 Å². The molecule has 1 N–H and O–H groups in total. The van der Waals surface area contributed by atoms with E-state index in [0.29, 0.717) is 35.4 Å². The van der Waals surface area contributed by atoms with Gasteiger partial charge in [-0.25, -0.2) is 0 Å². The number of carbonyl (C=O) groups is 1. The highest BCUT2D eigenvalue weighted by Gasteiger charge is 2.11. The molecule has 128 valence electrons. The average molecular weight is 368 g/mol. The first-order valence-electron chi connectivity index (χ1n) is 7.52. The Labute approximate surface area is 151 Å².